The van der Waals surface area contributed by atoms with E-state index in [2.05, 4.69) is 14.7 Å². The van der Waals surface area contributed by atoms with Gasteiger partial charge in [0, 0.05) is 24.9 Å². The summed E-state index contributed by atoms with van der Waals surface area (Å²) in [6.45, 7) is 3.61. The van der Waals surface area contributed by atoms with Crippen molar-refractivity contribution in [2.75, 3.05) is 24.7 Å². The van der Waals surface area contributed by atoms with E-state index in [4.69, 9.17) is 14.2 Å². The summed E-state index contributed by atoms with van der Waals surface area (Å²) in [5.41, 5.74) is -0.839. The summed E-state index contributed by atoms with van der Waals surface area (Å²) in [6.07, 6.45) is -4.06. The average molecular weight is 526 g/mol. The summed E-state index contributed by atoms with van der Waals surface area (Å²) in [6, 6.07) is 5.31. The molecule has 0 aliphatic carbocycles. The number of morpholine rings is 1. The first-order valence-corrected chi connectivity index (χ1v) is 11.0. The maximum atomic E-state index is 14.6. The first-order valence-electron chi connectivity index (χ1n) is 11.0. The van der Waals surface area contributed by atoms with E-state index in [1.165, 1.54) is 4.57 Å². The Bertz CT molecular complexity index is 1380. The Morgan fingerprint density at radius 2 is 1.89 bits per heavy atom. The minimum atomic E-state index is -5.00. The van der Waals surface area contributed by atoms with Crippen LogP contribution in [0.1, 0.15) is 12.5 Å². The van der Waals surface area contributed by atoms with Gasteiger partial charge in [0.2, 0.25) is 11.8 Å². The number of halogens is 5. The molecule has 14 heteroatoms. The third kappa shape index (κ3) is 5.14. The maximum absolute atomic E-state index is 14.6. The van der Waals surface area contributed by atoms with Gasteiger partial charge in [0.05, 0.1) is 25.3 Å². The molecule has 0 N–H and O–H groups in total. The van der Waals surface area contributed by atoms with Gasteiger partial charge in [-0.3, -0.25) is 4.57 Å². The topological polar surface area (TPSA) is 87.9 Å². The van der Waals surface area contributed by atoms with E-state index in [-0.39, 0.29) is 29.3 Å². The molecule has 1 aromatic carbocycles. The van der Waals surface area contributed by atoms with Crippen molar-refractivity contribution in [3.63, 3.8) is 0 Å². The lowest BCUT2D eigenvalue weighted by atomic mass is 10.0. The minimum absolute atomic E-state index is 0.0119. The highest BCUT2D eigenvalue weighted by Gasteiger charge is 2.43. The van der Waals surface area contributed by atoms with E-state index in [0.717, 1.165) is 30.5 Å². The minimum Gasteiger partial charge on any atom is -0.473 e. The number of nitrogens with zero attached hydrogens (tertiary/aromatic N) is 4. The third-order valence-electron chi connectivity index (χ3n) is 5.86. The smallest absolute Gasteiger partial charge is 0.473 e. The lowest BCUT2D eigenvalue weighted by Crippen LogP contribution is -2.53. The first-order chi connectivity index (χ1) is 17.5. The van der Waals surface area contributed by atoms with Crippen LogP contribution in [0.2, 0.25) is 0 Å². The van der Waals surface area contributed by atoms with E-state index in [1.54, 1.807) is 6.07 Å². The van der Waals surface area contributed by atoms with Crippen LogP contribution >= 0.6 is 0 Å². The number of fused-ring (bicyclic) bond motifs is 3. The molecule has 2 aliphatic rings. The quantitative estimate of drug-likeness (QED) is 0.449. The van der Waals surface area contributed by atoms with Gasteiger partial charge in [-0.15, -0.1) is 13.2 Å². The van der Waals surface area contributed by atoms with E-state index >= 15 is 0 Å². The molecule has 0 amide bonds. The highest BCUT2D eigenvalue weighted by atomic mass is 19.4. The van der Waals surface area contributed by atoms with Crippen LogP contribution in [0.4, 0.5) is 27.8 Å². The molecule has 2 aromatic heterocycles. The monoisotopic (exact) mass is 526 g/mol. The molecule has 0 radical (unpaired) electrons. The number of rotatable bonds is 6. The molecule has 0 saturated carbocycles. The van der Waals surface area contributed by atoms with Crippen LogP contribution in [0.3, 0.4) is 0 Å². The Morgan fingerprint density at radius 3 is 2.62 bits per heavy atom. The lowest BCUT2D eigenvalue weighted by molar-refractivity contribution is -0.276. The zero-order chi connectivity index (χ0) is 26.4. The number of benzene rings is 1. The number of ether oxygens (including phenoxy) is 4. The SMILES string of the molecule is C[C@@]12COCCN1c1cc(OCc3cc(F)c(Oc4ccnc(OC(F)(F)F)c4)c(F)c3)nc(=O)n1C2. The third-order valence-corrected chi connectivity index (χ3v) is 5.86. The molecule has 0 unspecified atom stereocenters. The van der Waals surface area contributed by atoms with Crippen LogP contribution in [0, 0.1) is 11.6 Å². The van der Waals surface area contributed by atoms with Crippen LogP contribution in [-0.2, 0) is 17.9 Å². The summed E-state index contributed by atoms with van der Waals surface area (Å²) >= 11 is 0. The van der Waals surface area contributed by atoms with Crippen molar-refractivity contribution in [1.29, 1.82) is 0 Å². The van der Waals surface area contributed by atoms with Gasteiger partial charge in [0.15, 0.2) is 17.4 Å². The van der Waals surface area contributed by atoms with Crippen LogP contribution in [0.25, 0.3) is 0 Å². The fraction of sp³-hybridized carbons (Fsp3) is 0.348. The number of hydrogen-bond donors (Lipinski definition) is 0. The molecule has 2 aliphatic heterocycles. The van der Waals surface area contributed by atoms with Crippen LogP contribution in [0.15, 0.2) is 41.3 Å². The summed E-state index contributed by atoms with van der Waals surface area (Å²) in [5.74, 6) is -3.66. The van der Waals surface area contributed by atoms with Crippen LogP contribution in [-0.4, -0.2) is 46.2 Å². The van der Waals surface area contributed by atoms with Crippen molar-refractivity contribution in [3.05, 3.63) is 64.2 Å². The summed E-state index contributed by atoms with van der Waals surface area (Å²) < 4.78 is 87.8. The second kappa shape index (κ2) is 9.18. The molecule has 1 saturated heterocycles. The molecule has 4 heterocycles. The standard InChI is InChI=1S/C23H19F5N4O5/c1-22-11-31-19(32(22)4-5-34-12-22)9-18(30-21(31)33)35-10-13-6-15(24)20(16(25)7-13)36-14-2-3-29-17(8-14)37-23(26,27)28/h2-3,6-9H,4-5,10-12H2,1H3/t22-/m1/s1. The predicted octanol–water partition coefficient (Wildman–Crippen LogP) is 3.80. The number of hydrogen-bond acceptors (Lipinski definition) is 8. The lowest BCUT2D eigenvalue weighted by Gasteiger charge is -2.39. The first kappa shape index (κ1) is 24.7. The predicted molar refractivity (Wildman–Crippen MR) is 117 cm³/mol. The zero-order valence-electron chi connectivity index (χ0n) is 19.2. The molecule has 1 atom stereocenters. The van der Waals surface area contributed by atoms with Crippen molar-refractivity contribution in [2.24, 2.45) is 0 Å². The highest BCUT2D eigenvalue weighted by Crippen LogP contribution is 2.36. The Balaban J connectivity index is 1.30. The van der Waals surface area contributed by atoms with Gasteiger partial charge in [0.25, 0.3) is 0 Å². The molecule has 0 bridgehead atoms. The molecule has 0 spiro atoms. The highest BCUT2D eigenvalue weighted by molar-refractivity contribution is 5.50. The van der Waals surface area contributed by atoms with E-state index in [1.807, 2.05) is 11.8 Å². The normalized spacial score (nSPS) is 18.8. The Labute approximate surface area is 206 Å². The molecule has 1 fully saturated rings. The van der Waals surface area contributed by atoms with Crippen LogP contribution < -0.4 is 24.8 Å². The van der Waals surface area contributed by atoms with Gasteiger partial charge in [-0.25, -0.2) is 18.6 Å². The number of pyridine rings is 1. The van der Waals surface area contributed by atoms with E-state index in [9.17, 15) is 26.7 Å². The summed E-state index contributed by atoms with van der Waals surface area (Å²) in [7, 11) is 0. The molecule has 3 aromatic rings. The molecule has 196 valence electrons. The molecular weight excluding hydrogens is 507 g/mol. The summed E-state index contributed by atoms with van der Waals surface area (Å²) in [5, 5.41) is 0. The van der Waals surface area contributed by atoms with Gasteiger partial charge in [-0.1, -0.05) is 0 Å². The second-order valence-electron chi connectivity index (χ2n) is 8.68. The molecule has 9 nitrogen and oxygen atoms in total. The van der Waals surface area contributed by atoms with Crippen molar-refractivity contribution < 1.29 is 40.9 Å². The zero-order valence-corrected chi connectivity index (χ0v) is 19.2. The second-order valence-corrected chi connectivity index (χ2v) is 8.68. The van der Waals surface area contributed by atoms with Crippen molar-refractivity contribution in [1.82, 2.24) is 14.5 Å². The van der Waals surface area contributed by atoms with Gasteiger partial charge in [-0.05, 0) is 30.7 Å². The van der Waals surface area contributed by atoms with Gasteiger partial charge >= 0.3 is 12.1 Å². The summed E-state index contributed by atoms with van der Waals surface area (Å²) in [4.78, 5) is 21.9. The fourth-order valence-electron chi connectivity index (χ4n) is 4.28. The fourth-order valence-corrected chi connectivity index (χ4v) is 4.28. The largest absolute Gasteiger partial charge is 0.574 e. The maximum Gasteiger partial charge on any atom is 0.574 e. The number of alkyl halides is 3. The van der Waals surface area contributed by atoms with Crippen molar-refractivity contribution >= 4 is 5.82 Å². The molecular formula is C23H19F5N4O5. The number of aromatic nitrogens is 3. The average Bonchev–Trinajstić information content (AvgIpc) is 3.12. The van der Waals surface area contributed by atoms with Crippen molar-refractivity contribution in [3.8, 4) is 23.3 Å². The van der Waals surface area contributed by atoms with Crippen molar-refractivity contribution in [2.45, 2.75) is 32.0 Å². The Kier molecular flexibility index (Phi) is 6.14. The van der Waals surface area contributed by atoms with Gasteiger partial charge in [0.1, 0.15) is 18.2 Å². The van der Waals surface area contributed by atoms with E-state index in [0.29, 0.717) is 32.1 Å². The number of anilines is 1. The molecule has 5 rings (SSSR count). The van der Waals surface area contributed by atoms with E-state index < -0.39 is 35.3 Å². The van der Waals surface area contributed by atoms with Crippen LogP contribution in [0.5, 0.6) is 23.3 Å². The Morgan fingerprint density at radius 1 is 1.14 bits per heavy atom. The van der Waals surface area contributed by atoms with Gasteiger partial charge in [-0.2, -0.15) is 4.98 Å². The van der Waals surface area contributed by atoms with Gasteiger partial charge < -0.3 is 23.8 Å². The Hall–Kier alpha value is -3.94. The molecule has 37 heavy (non-hydrogen) atoms.